The van der Waals surface area contributed by atoms with Crippen molar-refractivity contribution >= 4 is 33.2 Å². The molecule has 2 atom stereocenters. The first-order valence-electron chi connectivity index (χ1n) is 16.5. The second-order valence-corrected chi connectivity index (χ2v) is 13.0. The number of rotatable bonds is 4. The molecule has 0 fully saturated rings. The van der Waals surface area contributed by atoms with Crippen LogP contribution in [0.4, 0.5) is 11.4 Å². The molecule has 7 aromatic rings. The number of hydrogen-bond acceptors (Lipinski definition) is 3. The molecular weight excluding hydrogens is 597 g/mol. The standard InChI is InChI=1S/C45H30N4/c1-45-25-11-10-20-44(45)49(43-26-30(28-46)21-24-39(43)45)42-19-9-4-14-36(42)35-13-3-2-12-34(35)33-23-22-32(27-31(33)29-47)48-40-17-7-5-15-37(40)38-16-6-8-18-41(38)48/h2-27,44H,1H3. The minimum absolute atomic E-state index is 0.0370. The lowest BCUT2D eigenvalue weighted by Gasteiger charge is -2.35. The van der Waals surface area contributed by atoms with E-state index in [1.54, 1.807) is 0 Å². The third-order valence-corrected chi connectivity index (χ3v) is 10.3. The smallest absolute Gasteiger partial charge is 0.0998 e. The molecule has 0 saturated carbocycles. The molecule has 6 aromatic carbocycles. The number of aromatic nitrogens is 1. The van der Waals surface area contributed by atoms with Gasteiger partial charge in [-0.2, -0.15) is 10.5 Å². The van der Waals surface area contributed by atoms with Gasteiger partial charge in [0.15, 0.2) is 0 Å². The summed E-state index contributed by atoms with van der Waals surface area (Å²) in [7, 11) is 0. The molecule has 2 unspecified atom stereocenters. The summed E-state index contributed by atoms with van der Waals surface area (Å²) in [6.07, 6.45) is 8.77. The molecule has 2 aliphatic rings. The molecule has 1 aliphatic heterocycles. The van der Waals surface area contributed by atoms with E-state index < -0.39 is 0 Å². The van der Waals surface area contributed by atoms with Gasteiger partial charge in [0.25, 0.3) is 0 Å². The fraction of sp³-hybridized carbons (Fsp3) is 0.0667. The largest absolute Gasteiger partial charge is 0.332 e. The number of anilines is 2. The van der Waals surface area contributed by atoms with Crippen molar-refractivity contribution in [2.75, 3.05) is 4.90 Å². The van der Waals surface area contributed by atoms with Crippen molar-refractivity contribution in [3.05, 3.63) is 174 Å². The number of para-hydroxylation sites is 3. The van der Waals surface area contributed by atoms with E-state index in [9.17, 15) is 10.5 Å². The first kappa shape index (κ1) is 28.6. The number of allylic oxidation sites excluding steroid dienone is 2. The van der Waals surface area contributed by atoms with E-state index in [1.165, 1.54) is 16.3 Å². The van der Waals surface area contributed by atoms with Gasteiger partial charge >= 0.3 is 0 Å². The Morgan fingerprint density at radius 2 is 1.24 bits per heavy atom. The van der Waals surface area contributed by atoms with E-state index in [1.807, 2.05) is 24.3 Å². The zero-order valence-corrected chi connectivity index (χ0v) is 26.9. The van der Waals surface area contributed by atoms with Gasteiger partial charge in [-0.3, -0.25) is 0 Å². The van der Waals surface area contributed by atoms with E-state index in [2.05, 4.69) is 162 Å². The van der Waals surface area contributed by atoms with Crippen LogP contribution in [0.15, 0.2) is 158 Å². The zero-order valence-electron chi connectivity index (χ0n) is 26.9. The summed E-state index contributed by atoms with van der Waals surface area (Å²) in [6, 6.07) is 50.9. The molecule has 4 nitrogen and oxygen atoms in total. The molecule has 49 heavy (non-hydrogen) atoms. The van der Waals surface area contributed by atoms with Crippen LogP contribution in [0.25, 0.3) is 49.7 Å². The first-order chi connectivity index (χ1) is 24.1. The van der Waals surface area contributed by atoms with Crippen molar-refractivity contribution in [2.24, 2.45) is 0 Å². The van der Waals surface area contributed by atoms with Gasteiger partial charge in [0.1, 0.15) is 0 Å². The fourth-order valence-corrected chi connectivity index (χ4v) is 8.08. The summed E-state index contributed by atoms with van der Waals surface area (Å²) in [5, 5.41) is 22.9. The molecule has 0 N–H and O–H groups in total. The van der Waals surface area contributed by atoms with Crippen LogP contribution in [-0.2, 0) is 5.41 Å². The third kappa shape index (κ3) is 4.22. The van der Waals surface area contributed by atoms with Gasteiger partial charge in [-0.1, -0.05) is 115 Å². The third-order valence-electron chi connectivity index (χ3n) is 10.3. The molecule has 0 saturated heterocycles. The molecule has 230 valence electrons. The van der Waals surface area contributed by atoms with Gasteiger partial charge in [0.2, 0.25) is 0 Å². The number of hydrogen-bond donors (Lipinski definition) is 0. The van der Waals surface area contributed by atoms with Crippen molar-refractivity contribution in [3.63, 3.8) is 0 Å². The van der Waals surface area contributed by atoms with Crippen LogP contribution in [0.5, 0.6) is 0 Å². The lowest BCUT2D eigenvalue weighted by Crippen LogP contribution is -2.39. The maximum absolute atomic E-state index is 10.6. The molecule has 0 radical (unpaired) electrons. The van der Waals surface area contributed by atoms with Gasteiger partial charge in [-0.25, -0.2) is 0 Å². The van der Waals surface area contributed by atoms with Crippen LogP contribution in [0.2, 0.25) is 0 Å². The SMILES string of the molecule is CC12C=CC=CC1N(c1ccccc1-c1ccccc1-c1ccc(-n3c4ccccc4c4ccccc43)cc1C#N)c1cc(C#N)ccc12. The van der Waals surface area contributed by atoms with Crippen molar-refractivity contribution < 1.29 is 0 Å². The summed E-state index contributed by atoms with van der Waals surface area (Å²) in [5.74, 6) is 0. The monoisotopic (exact) mass is 626 g/mol. The Morgan fingerprint density at radius 3 is 1.96 bits per heavy atom. The van der Waals surface area contributed by atoms with E-state index in [-0.39, 0.29) is 11.5 Å². The maximum atomic E-state index is 10.6. The minimum Gasteiger partial charge on any atom is -0.332 e. The molecule has 2 heterocycles. The molecule has 1 aromatic heterocycles. The summed E-state index contributed by atoms with van der Waals surface area (Å²) < 4.78 is 2.25. The highest BCUT2D eigenvalue weighted by Crippen LogP contribution is 2.53. The summed E-state index contributed by atoms with van der Waals surface area (Å²) in [5.41, 5.74) is 11.5. The van der Waals surface area contributed by atoms with Gasteiger partial charge in [0.05, 0.1) is 40.3 Å². The highest BCUT2D eigenvalue weighted by Gasteiger charge is 2.47. The molecule has 1 aliphatic carbocycles. The number of benzene rings is 6. The van der Waals surface area contributed by atoms with Crippen molar-refractivity contribution in [3.8, 4) is 40.1 Å². The quantitative estimate of drug-likeness (QED) is 0.195. The van der Waals surface area contributed by atoms with E-state index in [4.69, 9.17) is 0 Å². The van der Waals surface area contributed by atoms with Crippen LogP contribution in [0.3, 0.4) is 0 Å². The van der Waals surface area contributed by atoms with Crippen molar-refractivity contribution in [2.45, 2.75) is 18.4 Å². The molecule has 0 bridgehead atoms. The van der Waals surface area contributed by atoms with Crippen LogP contribution in [-0.4, -0.2) is 10.6 Å². The number of fused-ring (bicyclic) bond motifs is 6. The number of nitriles is 2. The average Bonchev–Trinajstić information content (AvgIpc) is 3.63. The molecule has 0 amide bonds. The molecule has 0 spiro atoms. The zero-order chi connectivity index (χ0) is 33.1. The predicted octanol–water partition coefficient (Wildman–Crippen LogP) is 10.8. The van der Waals surface area contributed by atoms with E-state index in [0.717, 1.165) is 50.3 Å². The summed E-state index contributed by atoms with van der Waals surface area (Å²) >= 11 is 0. The number of nitrogens with zero attached hydrogens (tertiary/aromatic N) is 4. The van der Waals surface area contributed by atoms with E-state index in [0.29, 0.717) is 11.1 Å². The minimum atomic E-state index is -0.249. The predicted molar refractivity (Wildman–Crippen MR) is 199 cm³/mol. The lowest BCUT2D eigenvalue weighted by atomic mass is 9.76. The topological polar surface area (TPSA) is 55.8 Å². The Labute approximate surface area is 285 Å². The molecule has 4 heteroatoms. The van der Waals surface area contributed by atoms with Crippen LogP contribution < -0.4 is 4.90 Å². The Bertz CT molecular complexity index is 2570. The van der Waals surface area contributed by atoms with E-state index >= 15 is 0 Å². The Balaban J connectivity index is 1.22. The first-order valence-corrected chi connectivity index (χ1v) is 16.5. The van der Waals surface area contributed by atoms with Crippen LogP contribution in [0.1, 0.15) is 23.6 Å². The van der Waals surface area contributed by atoms with Crippen molar-refractivity contribution in [1.82, 2.24) is 4.57 Å². The fourth-order valence-electron chi connectivity index (χ4n) is 8.08. The van der Waals surface area contributed by atoms with Gasteiger partial charge in [0, 0.05) is 44.4 Å². The van der Waals surface area contributed by atoms with Crippen molar-refractivity contribution in [1.29, 1.82) is 10.5 Å². The highest BCUT2D eigenvalue weighted by atomic mass is 15.2. The molecular formula is C45H30N4. The summed E-state index contributed by atoms with van der Waals surface area (Å²) in [6.45, 7) is 2.27. The van der Waals surface area contributed by atoms with Gasteiger partial charge < -0.3 is 9.47 Å². The Hall–Kier alpha value is -6.62. The Kier molecular flexibility index (Phi) is 6.41. The molecule has 9 rings (SSSR count). The highest BCUT2D eigenvalue weighted by molar-refractivity contribution is 6.09. The second kappa shape index (κ2) is 11.0. The van der Waals surface area contributed by atoms with Gasteiger partial charge in [-0.05, 0) is 66.1 Å². The normalized spacial score (nSPS) is 17.5. The maximum Gasteiger partial charge on any atom is 0.0998 e. The second-order valence-electron chi connectivity index (χ2n) is 13.0. The summed E-state index contributed by atoms with van der Waals surface area (Å²) in [4.78, 5) is 2.39. The average molecular weight is 627 g/mol. The van der Waals surface area contributed by atoms with Crippen LogP contribution in [0, 0.1) is 22.7 Å². The lowest BCUT2D eigenvalue weighted by molar-refractivity contribution is 0.551. The van der Waals surface area contributed by atoms with Crippen LogP contribution >= 0.6 is 0 Å². The van der Waals surface area contributed by atoms with Gasteiger partial charge in [-0.15, -0.1) is 0 Å². The Morgan fingerprint density at radius 1 is 0.592 bits per heavy atom.